The van der Waals surface area contributed by atoms with Gasteiger partial charge in [0.25, 0.3) is 0 Å². The maximum atomic E-state index is 10.0. The number of ether oxygens (including phenoxy) is 2. The molecule has 1 unspecified atom stereocenters. The van der Waals surface area contributed by atoms with E-state index < -0.39 is 31.1 Å². The van der Waals surface area contributed by atoms with Gasteiger partial charge < -0.3 is 30.5 Å². The second kappa shape index (κ2) is 5.07. The van der Waals surface area contributed by atoms with E-state index in [1.807, 2.05) is 0 Å². The van der Waals surface area contributed by atoms with Gasteiger partial charge in [0.2, 0.25) is 11.8 Å². The number of nitrogen functional groups attached to an aromatic ring is 1. The quantitative estimate of drug-likeness (QED) is 0.506. The lowest BCUT2D eigenvalue weighted by atomic mass is 10.1. The Kier molecular flexibility index (Phi) is 3.37. The molecule has 2 aromatic rings. The predicted octanol–water partition coefficient (Wildman–Crippen LogP) is -1.97. The van der Waals surface area contributed by atoms with Gasteiger partial charge in [0, 0.05) is 0 Å². The van der Waals surface area contributed by atoms with Crippen molar-refractivity contribution in [1.82, 2.24) is 19.5 Å². The summed E-state index contributed by atoms with van der Waals surface area (Å²) in [6.07, 6.45) is -2.90. The van der Waals surface area contributed by atoms with Gasteiger partial charge in [-0.2, -0.15) is 9.97 Å². The van der Waals surface area contributed by atoms with Crippen LogP contribution in [0.4, 0.5) is 5.95 Å². The monoisotopic (exact) mass is 297 g/mol. The highest BCUT2D eigenvalue weighted by molar-refractivity contribution is 5.77. The van der Waals surface area contributed by atoms with Gasteiger partial charge >= 0.3 is 0 Å². The Morgan fingerprint density at radius 2 is 2.14 bits per heavy atom. The van der Waals surface area contributed by atoms with Crippen molar-refractivity contribution in [3.05, 3.63) is 6.33 Å². The van der Waals surface area contributed by atoms with Crippen LogP contribution in [0.1, 0.15) is 6.23 Å². The fourth-order valence-electron chi connectivity index (χ4n) is 2.35. The summed E-state index contributed by atoms with van der Waals surface area (Å²) in [5.74, 6) is 0.177. The summed E-state index contributed by atoms with van der Waals surface area (Å²) < 4.78 is 11.9. The van der Waals surface area contributed by atoms with Crippen molar-refractivity contribution in [1.29, 1.82) is 0 Å². The molecule has 3 heterocycles. The Morgan fingerprint density at radius 3 is 2.76 bits per heavy atom. The van der Waals surface area contributed by atoms with Gasteiger partial charge in [-0.3, -0.25) is 4.57 Å². The first-order valence-electron chi connectivity index (χ1n) is 6.23. The van der Waals surface area contributed by atoms with Gasteiger partial charge in [-0.25, -0.2) is 4.98 Å². The molecule has 21 heavy (non-hydrogen) atoms. The number of hydrogen-bond acceptors (Lipinski definition) is 9. The summed E-state index contributed by atoms with van der Waals surface area (Å²) in [5, 5.41) is 29.0. The first-order chi connectivity index (χ1) is 10.1. The molecule has 1 saturated heterocycles. The molecule has 2 aromatic heterocycles. The van der Waals surface area contributed by atoms with Crippen molar-refractivity contribution < 1.29 is 24.8 Å². The minimum Gasteiger partial charge on any atom is -0.479 e. The number of fused-ring (bicyclic) bond motifs is 1. The van der Waals surface area contributed by atoms with Crippen LogP contribution in [0.15, 0.2) is 6.33 Å². The lowest BCUT2D eigenvalue weighted by Crippen LogP contribution is -2.33. The first kappa shape index (κ1) is 13.9. The highest BCUT2D eigenvalue weighted by Crippen LogP contribution is 2.32. The largest absolute Gasteiger partial charge is 0.479 e. The Hall–Kier alpha value is -2.01. The van der Waals surface area contributed by atoms with Crippen molar-refractivity contribution in [3.8, 4) is 5.88 Å². The van der Waals surface area contributed by atoms with E-state index in [-0.39, 0.29) is 11.8 Å². The third-order valence-electron chi connectivity index (χ3n) is 3.39. The summed E-state index contributed by atoms with van der Waals surface area (Å²) in [4.78, 5) is 12.1. The molecule has 0 radical (unpaired) electrons. The fourth-order valence-corrected chi connectivity index (χ4v) is 2.35. The van der Waals surface area contributed by atoms with Crippen molar-refractivity contribution in [3.63, 3.8) is 0 Å². The maximum absolute atomic E-state index is 10.0. The summed E-state index contributed by atoms with van der Waals surface area (Å²) in [5.41, 5.74) is 6.26. The number of aliphatic hydroxyl groups is 3. The number of aliphatic hydroxyl groups excluding tert-OH is 3. The van der Waals surface area contributed by atoms with E-state index >= 15 is 0 Å². The van der Waals surface area contributed by atoms with E-state index in [4.69, 9.17) is 20.3 Å². The van der Waals surface area contributed by atoms with Crippen LogP contribution in [0.2, 0.25) is 0 Å². The highest BCUT2D eigenvalue weighted by atomic mass is 16.6. The summed E-state index contributed by atoms with van der Waals surface area (Å²) in [6.45, 7) is -0.415. The number of methoxy groups -OCH3 is 1. The Morgan fingerprint density at radius 1 is 1.38 bits per heavy atom. The molecule has 0 aliphatic carbocycles. The van der Waals surface area contributed by atoms with Crippen LogP contribution in [0.3, 0.4) is 0 Å². The van der Waals surface area contributed by atoms with Gasteiger partial charge in [0.1, 0.15) is 18.3 Å². The topological polar surface area (TPSA) is 149 Å². The summed E-state index contributed by atoms with van der Waals surface area (Å²) in [7, 11) is 1.42. The van der Waals surface area contributed by atoms with Gasteiger partial charge in [-0.05, 0) is 0 Å². The molecule has 4 atom stereocenters. The molecule has 0 bridgehead atoms. The first-order valence-corrected chi connectivity index (χ1v) is 6.23. The smallest absolute Gasteiger partial charge is 0.246 e. The van der Waals surface area contributed by atoms with E-state index in [0.717, 1.165) is 0 Å². The zero-order valence-electron chi connectivity index (χ0n) is 11.1. The molecule has 5 N–H and O–H groups in total. The molecular formula is C11H15N5O5. The predicted molar refractivity (Wildman–Crippen MR) is 69.3 cm³/mol. The Balaban J connectivity index is 2.07. The molecule has 0 saturated carbocycles. The van der Waals surface area contributed by atoms with Crippen LogP contribution in [0.25, 0.3) is 11.2 Å². The van der Waals surface area contributed by atoms with Crippen molar-refractivity contribution in [2.24, 2.45) is 0 Å². The van der Waals surface area contributed by atoms with Crippen LogP contribution in [-0.2, 0) is 4.74 Å². The van der Waals surface area contributed by atoms with Crippen molar-refractivity contribution in [2.75, 3.05) is 19.5 Å². The minimum absolute atomic E-state index is 0.0205. The van der Waals surface area contributed by atoms with Gasteiger partial charge in [0.05, 0.1) is 20.0 Å². The molecule has 0 spiro atoms. The molecule has 1 aliphatic rings. The minimum atomic E-state index is -1.23. The number of anilines is 1. The van der Waals surface area contributed by atoms with Crippen molar-refractivity contribution in [2.45, 2.75) is 24.5 Å². The van der Waals surface area contributed by atoms with E-state index in [9.17, 15) is 10.2 Å². The third-order valence-corrected chi connectivity index (χ3v) is 3.39. The second-order valence-electron chi connectivity index (χ2n) is 4.64. The molecule has 0 aromatic carbocycles. The molecule has 0 amide bonds. The SMILES string of the molecule is COc1nc(N)nc2c1ncn2[C@@H]1O[C@H](CO)[C@H](O)C1O. The molecule has 10 heteroatoms. The van der Waals surface area contributed by atoms with E-state index in [2.05, 4.69) is 15.0 Å². The fraction of sp³-hybridized carbons (Fsp3) is 0.545. The number of nitrogens with zero attached hydrogens (tertiary/aromatic N) is 4. The van der Waals surface area contributed by atoms with Crippen LogP contribution in [0, 0.1) is 0 Å². The molecule has 114 valence electrons. The molecule has 10 nitrogen and oxygen atoms in total. The number of rotatable bonds is 3. The van der Waals surface area contributed by atoms with Gasteiger partial charge in [-0.1, -0.05) is 0 Å². The normalized spacial score (nSPS) is 29.1. The standard InChI is InChI=1S/C11H15N5O5/c1-20-9-5-8(14-11(12)15-9)16(3-13-5)10-7(19)6(18)4(2-17)21-10/h3-4,6-7,10,17-19H,2H2,1H3,(H2,12,14,15)/t4-,6+,7?,10-/m1/s1. The van der Waals surface area contributed by atoms with E-state index in [1.165, 1.54) is 18.0 Å². The average molecular weight is 297 g/mol. The van der Waals surface area contributed by atoms with E-state index in [0.29, 0.717) is 11.2 Å². The van der Waals surface area contributed by atoms with Crippen LogP contribution in [-0.4, -0.2) is 66.9 Å². The molecule has 3 rings (SSSR count). The number of aromatic nitrogens is 4. The van der Waals surface area contributed by atoms with Gasteiger partial charge in [0.15, 0.2) is 17.4 Å². The molecule has 1 aliphatic heterocycles. The Bertz CT molecular complexity index is 662. The van der Waals surface area contributed by atoms with Crippen LogP contribution in [0.5, 0.6) is 5.88 Å². The lowest BCUT2D eigenvalue weighted by Gasteiger charge is -2.16. The maximum Gasteiger partial charge on any atom is 0.246 e. The van der Waals surface area contributed by atoms with Gasteiger partial charge in [-0.15, -0.1) is 0 Å². The Labute approximate surface area is 118 Å². The summed E-state index contributed by atoms with van der Waals surface area (Å²) >= 11 is 0. The third kappa shape index (κ3) is 2.08. The zero-order chi connectivity index (χ0) is 15.1. The average Bonchev–Trinajstić information content (AvgIpc) is 3.01. The van der Waals surface area contributed by atoms with Crippen LogP contribution < -0.4 is 10.5 Å². The zero-order valence-corrected chi connectivity index (χ0v) is 11.1. The van der Waals surface area contributed by atoms with E-state index in [1.54, 1.807) is 0 Å². The lowest BCUT2D eigenvalue weighted by molar-refractivity contribution is -0.0511. The number of nitrogens with two attached hydrogens (primary N) is 1. The van der Waals surface area contributed by atoms with Crippen LogP contribution >= 0.6 is 0 Å². The highest BCUT2D eigenvalue weighted by Gasteiger charge is 2.44. The van der Waals surface area contributed by atoms with Crippen molar-refractivity contribution >= 4 is 17.1 Å². The number of imidazole rings is 1. The summed E-state index contributed by atoms with van der Waals surface area (Å²) in [6, 6.07) is 0. The second-order valence-corrected chi connectivity index (χ2v) is 4.64. The number of hydrogen-bond donors (Lipinski definition) is 4. The molecular weight excluding hydrogens is 282 g/mol. The molecule has 1 fully saturated rings.